The van der Waals surface area contributed by atoms with E-state index in [1.165, 1.54) is 16.8 Å². The van der Waals surface area contributed by atoms with Crippen molar-refractivity contribution >= 4 is 0 Å². The molecule has 0 atom stereocenters. The first kappa shape index (κ1) is 15.9. The Hall–Kier alpha value is -2.59. The van der Waals surface area contributed by atoms with Crippen LogP contribution in [0.4, 0.5) is 0 Å². The molecule has 2 heterocycles. The fourth-order valence-electron chi connectivity index (χ4n) is 3.47. The molecule has 0 aliphatic carbocycles. The van der Waals surface area contributed by atoms with Crippen LogP contribution in [-0.2, 0) is 19.5 Å². The Kier molecular flexibility index (Phi) is 4.53. The summed E-state index contributed by atoms with van der Waals surface area (Å²) < 4.78 is 5.64. The third-order valence-corrected chi connectivity index (χ3v) is 4.68. The van der Waals surface area contributed by atoms with Gasteiger partial charge in [0.1, 0.15) is 5.75 Å². The van der Waals surface area contributed by atoms with Crippen molar-refractivity contribution in [3.05, 3.63) is 71.4 Å². The van der Waals surface area contributed by atoms with E-state index in [1.807, 2.05) is 19.1 Å². The number of hydrogen-bond donors (Lipinski definition) is 1. The summed E-state index contributed by atoms with van der Waals surface area (Å²) in [5, 5.41) is 7.85. The molecule has 0 radical (unpaired) electrons. The van der Waals surface area contributed by atoms with Crippen LogP contribution in [-0.4, -0.2) is 28.2 Å². The average molecular weight is 333 g/mol. The van der Waals surface area contributed by atoms with Gasteiger partial charge in [0.05, 0.1) is 12.3 Å². The predicted octanol–water partition coefficient (Wildman–Crippen LogP) is 4.03. The molecule has 128 valence electrons. The van der Waals surface area contributed by atoms with Gasteiger partial charge in [0.2, 0.25) is 0 Å². The molecule has 0 fully saturated rings. The van der Waals surface area contributed by atoms with Crippen molar-refractivity contribution in [3.8, 4) is 17.0 Å². The third kappa shape index (κ3) is 3.44. The van der Waals surface area contributed by atoms with Gasteiger partial charge in [-0.05, 0) is 24.6 Å². The summed E-state index contributed by atoms with van der Waals surface area (Å²) in [4.78, 5) is 2.49. The largest absolute Gasteiger partial charge is 0.494 e. The summed E-state index contributed by atoms with van der Waals surface area (Å²) in [5.74, 6) is 0.897. The smallest absolute Gasteiger partial charge is 0.119 e. The van der Waals surface area contributed by atoms with Crippen LogP contribution in [0.2, 0.25) is 0 Å². The molecule has 1 N–H and O–H groups in total. The summed E-state index contributed by atoms with van der Waals surface area (Å²) in [6.45, 7) is 5.64. The number of benzene rings is 2. The Labute approximate surface area is 148 Å². The molecule has 1 aliphatic heterocycles. The van der Waals surface area contributed by atoms with Crippen LogP contribution in [0, 0.1) is 0 Å². The lowest BCUT2D eigenvalue weighted by molar-refractivity contribution is 0.245. The van der Waals surface area contributed by atoms with Crippen molar-refractivity contribution in [2.45, 2.75) is 26.4 Å². The van der Waals surface area contributed by atoms with E-state index in [2.05, 4.69) is 57.6 Å². The molecule has 4 nitrogen and oxygen atoms in total. The topological polar surface area (TPSA) is 41.1 Å². The van der Waals surface area contributed by atoms with Crippen LogP contribution in [0.1, 0.15) is 23.7 Å². The maximum absolute atomic E-state index is 5.64. The fraction of sp³-hybridized carbons (Fsp3) is 0.286. The van der Waals surface area contributed by atoms with E-state index < -0.39 is 0 Å². The van der Waals surface area contributed by atoms with Crippen LogP contribution >= 0.6 is 0 Å². The van der Waals surface area contributed by atoms with Crippen molar-refractivity contribution in [3.63, 3.8) is 0 Å². The zero-order valence-electron chi connectivity index (χ0n) is 14.5. The van der Waals surface area contributed by atoms with Gasteiger partial charge >= 0.3 is 0 Å². The molecule has 3 aromatic rings. The van der Waals surface area contributed by atoms with Gasteiger partial charge in [0.15, 0.2) is 0 Å². The summed E-state index contributed by atoms with van der Waals surface area (Å²) in [6.07, 6.45) is 1.01. The second kappa shape index (κ2) is 7.11. The second-order valence-electron chi connectivity index (χ2n) is 6.44. The summed E-state index contributed by atoms with van der Waals surface area (Å²) >= 11 is 0. The molecule has 25 heavy (non-hydrogen) atoms. The van der Waals surface area contributed by atoms with Crippen molar-refractivity contribution in [2.75, 3.05) is 13.2 Å². The highest BCUT2D eigenvalue weighted by atomic mass is 16.5. The van der Waals surface area contributed by atoms with E-state index in [9.17, 15) is 0 Å². The highest BCUT2D eigenvalue weighted by Gasteiger charge is 2.23. The number of rotatable bonds is 5. The molecule has 0 saturated heterocycles. The molecule has 0 amide bonds. The van der Waals surface area contributed by atoms with Crippen molar-refractivity contribution in [2.24, 2.45) is 0 Å². The lowest BCUT2D eigenvalue weighted by Gasteiger charge is -2.27. The SMILES string of the molecule is CCOc1cccc(-c2n[nH]c3c2CN(Cc2ccccc2)CC3)c1. The quantitative estimate of drug-likeness (QED) is 0.766. The summed E-state index contributed by atoms with van der Waals surface area (Å²) in [5.41, 5.74) is 6.10. The van der Waals surface area contributed by atoms with E-state index >= 15 is 0 Å². The first-order valence-corrected chi connectivity index (χ1v) is 8.89. The maximum atomic E-state index is 5.64. The minimum atomic E-state index is 0.674. The van der Waals surface area contributed by atoms with Crippen molar-refractivity contribution < 1.29 is 4.74 Å². The van der Waals surface area contributed by atoms with Crippen LogP contribution in [0.5, 0.6) is 5.75 Å². The molecular weight excluding hydrogens is 310 g/mol. The molecule has 0 bridgehead atoms. The standard InChI is InChI=1S/C21H23N3O/c1-2-25-18-10-6-9-17(13-18)21-19-15-24(12-11-20(19)22-23-21)14-16-7-4-3-5-8-16/h3-10,13H,2,11-12,14-15H2,1H3,(H,22,23). The Morgan fingerprint density at radius 3 is 2.84 bits per heavy atom. The van der Waals surface area contributed by atoms with Gasteiger partial charge in [0.25, 0.3) is 0 Å². The Balaban J connectivity index is 1.58. The first-order valence-electron chi connectivity index (χ1n) is 8.89. The monoisotopic (exact) mass is 333 g/mol. The molecular formula is C21H23N3O. The normalized spacial score (nSPS) is 14.3. The summed E-state index contributed by atoms with van der Waals surface area (Å²) in [7, 11) is 0. The van der Waals surface area contributed by atoms with Crippen LogP contribution in [0.15, 0.2) is 54.6 Å². The van der Waals surface area contributed by atoms with Gasteiger partial charge in [0, 0.05) is 42.9 Å². The van der Waals surface area contributed by atoms with Crippen molar-refractivity contribution in [1.29, 1.82) is 0 Å². The van der Waals surface area contributed by atoms with Gasteiger partial charge < -0.3 is 4.74 Å². The zero-order chi connectivity index (χ0) is 17.1. The predicted molar refractivity (Wildman–Crippen MR) is 99.5 cm³/mol. The Morgan fingerprint density at radius 2 is 2.00 bits per heavy atom. The Bertz CT molecular complexity index is 841. The minimum Gasteiger partial charge on any atom is -0.494 e. The van der Waals surface area contributed by atoms with Gasteiger partial charge in [-0.1, -0.05) is 42.5 Å². The van der Waals surface area contributed by atoms with Gasteiger partial charge in [-0.15, -0.1) is 0 Å². The number of ether oxygens (including phenoxy) is 1. The molecule has 1 aliphatic rings. The van der Waals surface area contributed by atoms with E-state index in [1.54, 1.807) is 0 Å². The molecule has 4 heteroatoms. The number of aromatic nitrogens is 2. The summed E-state index contributed by atoms with van der Waals surface area (Å²) in [6, 6.07) is 18.9. The first-order chi connectivity index (χ1) is 12.3. The van der Waals surface area contributed by atoms with E-state index in [0.29, 0.717) is 6.61 Å². The minimum absolute atomic E-state index is 0.674. The highest BCUT2D eigenvalue weighted by molar-refractivity contribution is 5.66. The number of nitrogens with zero attached hydrogens (tertiary/aromatic N) is 2. The molecule has 0 unspecified atom stereocenters. The lowest BCUT2D eigenvalue weighted by atomic mass is 10.0. The average Bonchev–Trinajstić information content (AvgIpc) is 3.06. The zero-order valence-corrected chi connectivity index (χ0v) is 14.5. The second-order valence-corrected chi connectivity index (χ2v) is 6.44. The number of H-pyrrole nitrogens is 1. The molecule has 0 spiro atoms. The van der Waals surface area contributed by atoms with E-state index in [0.717, 1.165) is 43.1 Å². The fourth-order valence-corrected chi connectivity index (χ4v) is 3.47. The molecule has 4 rings (SSSR count). The third-order valence-electron chi connectivity index (χ3n) is 4.68. The number of nitrogens with one attached hydrogen (secondary N) is 1. The lowest BCUT2D eigenvalue weighted by Crippen LogP contribution is -2.29. The number of aromatic amines is 1. The maximum Gasteiger partial charge on any atom is 0.119 e. The van der Waals surface area contributed by atoms with Crippen LogP contribution < -0.4 is 4.74 Å². The highest BCUT2D eigenvalue weighted by Crippen LogP contribution is 2.30. The number of hydrogen-bond acceptors (Lipinski definition) is 3. The van der Waals surface area contributed by atoms with Crippen molar-refractivity contribution in [1.82, 2.24) is 15.1 Å². The Morgan fingerprint density at radius 1 is 1.12 bits per heavy atom. The molecule has 0 saturated carbocycles. The molecule has 2 aromatic carbocycles. The van der Waals surface area contributed by atoms with Gasteiger partial charge in [-0.3, -0.25) is 10.00 Å². The van der Waals surface area contributed by atoms with E-state index in [-0.39, 0.29) is 0 Å². The van der Waals surface area contributed by atoms with E-state index in [4.69, 9.17) is 4.74 Å². The van der Waals surface area contributed by atoms with Gasteiger partial charge in [-0.2, -0.15) is 5.10 Å². The van der Waals surface area contributed by atoms with Crippen LogP contribution in [0.3, 0.4) is 0 Å². The molecule has 1 aromatic heterocycles. The van der Waals surface area contributed by atoms with Crippen LogP contribution in [0.25, 0.3) is 11.3 Å². The van der Waals surface area contributed by atoms with Gasteiger partial charge in [-0.25, -0.2) is 0 Å². The number of fused-ring (bicyclic) bond motifs is 1.